The first-order chi connectivity index (χ1) is 11.6. The van der Waals surface area contributed by atoms with Gasteiger partial charge in [-0.25, -0.2) is 4.98 Å². The van der Waals surface area contributed by atoms with E-state index in [1.807, 2.05) is 0 Å². The second kappa shape index (κ2) is 7.43. The van der Waals surface area contributed by atoms with Crippen LogP contribution in [0.3, 0.4) is 0 Å². The summed E-state index contributed by atoms with van der Waals surface area (Å²) >= 11 is 1.24. The Morgan fingerprint density at radius 2 is 2.21 bits per heavy atom. The lowest BCUT2D eigenvalue weighted by Gasteiger charge is -2.04. The summed E-state index contributed by atoms with van der Waals surface area (Å²) in [5, 5.41) is 21.0. The molecule has 1 aromatic heterocycles. The molecule has 9 heteroatoms. The van der Waals surface area contributed by atoms with Crippen molar-refractivity contribution in [2.75, 3.05) is 11.1 Å². The Balaban J connectivity index is 1.52. The van der Waals surface area contributed by atoms with Gasteiger partial charge in [0.15, 0.2) is 0 Å². The molecule has 1 aromatic carbocycles. The molecule has 126 valence electrons. The van der Waals surface area contributed by atoms with Crippen LogP contribution in [0.15, 0.2) is 29.4 Å². The zero-order valence-electron chi connectivity index (χ0n) is 12.9. The number of amides is 1. The van der Waals surface area contributed by atoms with Crippen LogP contribution in [-0.2, 0) is 4.79 Å². The maximum Gasteiger partial charge on any atom is 0.271 e. The van der Waals surface area contributed by atoms with Crippen molar-refractivity contribution >= 4 is 29.0 Å². The number of hydrogen-bond acceptors (Lipinski definition) is 6. The average molecular weight is 347 g/mol. The third-order valence-corrected chi connectivity index (χ3v) is 4.74. The highest BCUT2D eigenvalue weighted by Gasteiger charge is 2.20. The van der Waals surface area contributed by atoms with Gasteiger partial charge in [0.25, 0.3) is 5.69 Å². The maximum atomic E-state index is 12.0. The van der Waals surface area contributed by atoms with Crippen LogP contribution in [-0.4, -0.2) is 31.8 Å². The van der Waals surface area contributed by atoms with E-state index >= 15 is 0 Å². The molecule has 24 heavy (non-hydrogen) atoms. The van der Waals surface area contributed by atoms with Crippen LogP contribution in [0.5, 0.6) is 0 Å². The number of benzene rings is 1. The number of nitrogens with zero attached hydrogens (tertiary/aromatic N) is 3. The molecule has 0 unspecified atom stereocenters. The summed E-state index contributed by atoms with van der Waals surface area (Å²) in [5.41, 5.74) is 0.340. The van der Waals surface area contributed by atoms with Gasteiger partial charge >= 0.3 is 0 Å². The van der Waals surface area contributed by atoms with E-state index in [0.717, 1.165) is 18.7 Å². The Bertz CT molecular complexity index is 742. The topological polar surface area (TPSA) is 114 Å². The fourth-order valence-electron chi connectivity index (χ4n) is 2.73. The molecular weight excluding hydrogens is 330 g/mol. The molecule has 0 aliphatic heterocycles. The summed E-state index contributed by atoms with van der Waals surface area (Å²) in [6.45, 7) is 0. The van der Waals surface area contributed by atoms with E-state index in [1.54, 1.807) is 6.07 Å². The van der Waals surface area contributed by atoms with Gasteiger partial charge in [-0.15, -0.1) is 5.10 Å². The number of rotatable bonds is 6. The van der Waals surface area contributed by atoms with Crippen molar-refractivity contribution in [1.82, 2.24) is 15.2 Å². The Labute approximate surface area is 142 Å². The van der Waals surface area contributed by atoms with E-state index in [4.69, 9.17) is 0 Å². The summed E-state index contributed by atoms with van der Waals surface area (Å²) in [7, 11) is 0. The minimum Gasteiger partial charge on any atom is -0.325 e. The standard InChI is InChI=1S/C15H17N5O3S/c21-13(16-11-6-3-7-12(8-11)20(22)23)9-24-15-17-14(18-19-15)10-4-1-2-5-10/h3,6-8,10H,1-2,4-5,9H2,(H,16,21)(H,17,18,19). The third-order valence-electron chi connectivity index (χ3n) is 3.90. The molecule has 1 aliphatic rings. The highest BCUT2D eigenvalue weighted by molar-refractivity contribution is 7.99. The van der Waals surface area contributed by atoms with Crippen molar-refractivity contribution in [2.24, 2.45) is 0 Å². The first-order valence-corrected chi connectivity index (χ1v) is 8.70. The highest BCUT2D eigenvalue weighted by Crippen LogP contribution is 2.32. The van der Waals surface area contributed by atoms with Crippen LogP contribution in [0.1, 0.15) is 37.4 Å². The Hall–Kier alpha value is -2.42. The molecule has 1 saturated carbocycles. The molecule has 0 atom stereocenters. The lowest BCUT2D eigenvalue weighted by atomic mass is 10.1. The number of nitro groups is 1. The number of carbonyl (C=O) groups is 1. The Morgan fingerprint density at radius 3 is 2.96 bits per heavy atom. The van der Waals surface area contributed by atoms with E-state index in [1.165, 1.54) is 42.8 Å². The van der Waals surface area contributed by atoms with E-state index < -0.39 is 4.92 Å². The van der Waals surface area contributed by atoms with Gasteiger partial charge < -0.3 is 5.32 Å². The highest BCUT2D eigenvalue weighted by atomic mass is 32.2. The Morgan fingerprint density at radius 1 is 1.42 bits per heavy atom. The van der Waals surface area contributed by atoms with Gasteiger partial charge in [0.05, 0.1) is 10.7 Å². The molecule has 0 bridgehead atoms. The third kappa shape index (κ3) is 4.10. The van der Waals surface area contributed by atoms with Crippen molar-refractivity contribution in [3.05, 3.63) is 40.2 Å². The number of thioether (sulfide) groups is 1. The monoisotopic (exact) mass is 347 g/mol. The van der Waals surface area contributed by atoms with Gasteiger partial charge in [-0.2, -0.15) is 0 Å². The molecule has 0 radical (unpaired) electrons. The van der Waals surface area contributed by atoms with Crippen molar-refractivity contribution in [1.29, 1.82) is 0 Å². The number of aromatic amines is 1. The van der Waals surface area contributed by atoms with Crippen LogP contribution in [0.2, 0.25) is 0 Å². The molecule has 0 saturated heterocycles. The number of nitrogens with one attached hydrogen (secondary N) is 2. The molecular formula is C15H17N5O3S. The first kappa shape index (κ1) is 16.4. The molecule has 8 nitrogen and oxygen atoms in total. The minimum absolute atomic E-state index is 0.0596. The van der Waals surface area contributed by atoms with Gasteiger partial charge in [-0.3, -0.25) is 20.0 Å². The Kier molecular flexibility index (Phi) is 5.09. The number of anilines is 1. The molecule has 2 aromatic rings. The summed E-state index contributed by atoms with van der Waals surface area (Å²) in [5.74, 6) is 1.23. The average Bonchev–Trinajstić information content (AvgIpc) is 3.24. The van der Waals surface area contributed by atoms with E-state index in [9.17, 15) is 14.9 Å². The largest absolute Gasteiger partial charge is 0.325 e. The second-order valence-electron chi connectivity index (χ2n) is 5.63. The van der Waals surface area contributed by atoms with Gasteiger partial charge in [0.1, 0.15) is 5.82 Å². The number of hydrogen-bond donors (Lipinski definition) is 2. The van der Waals surface area contributed by atoms with Gasteiger partial charge in [0.2, 0.25) is 11.1 Å². The molecule has 0 spiro atoms. The predicted molar refractivity (Wildman–Crippen MR) is 90.0 cm³/mol. The predicted octanol–water partition coefficient (Wildman–Crippen LogP) is 3.10. The summed E-state index contributed by atoms with van der Waals surface area (Å²) in [6.07, 6.45) is 4.71. The first-order valence-electron chi connectivity index (χ1n) is 7.71. The van der Waals surface area contributed by atoms with Gasteiger partial charge in [-0.05, 0) is 18.9 Å². The zero-order chi connectivity index (χ0) is 16.9. The number of carbonyl (C=O) groups excluding carboxylic acids is 1. The van der Waals surface area contributed by atoms with Crippen LogP contribution in [0, 0.1) is 10.1 Å². The summed E-state index contributed by atoms with van der Waals surface area (Å²) in [6, 6.07) is 5.85. The lowest BCUT2D eigenvalue weighted by Crippen LogP contribution is -2.14. The van der Waals surface area contributed by atoms with E-state index in [-0.39, 0.29) is 17.3 Å². The number of aromatic nitrogens is 3. The van der Waals surface area contributed by atoms with Crippen molar-refractivity contribution in [2.45, 2.75) is 36.8 Å². The summed E-state index contributed by atoms with van der Waals surface area (Å²) < 4.78 is 0. The summed E-state index contributed by atoms with van der Waals surface area (Å²) in [4.78, 5) is 26.6. The lowest BCUT2D eigenvalue weighted by molar-refractivity contribution is -0.384. The number of nitro benzene ring substituents is 1. The number of non-ortho nitro benzene ring substituents is 1. The van der Waals surface area contributed by atoms with Crippen LogP contribution in [0.25, 0.3) is 0 Å². The van der Waals surface area contributed by atoms with Crippen molar-refractivity contribution in [3.63, 3.8) is 0 Å². The van der Waals surface area contributed by atoms with Crippen molar-refractivity contribution < 1.29 is 9.72 Å². The van der Waals surface area contributed by atoms with Crippen molar-refractivity contribution in [3.8, 4) is 0 Å². The normalized spacial score (nSPS) is 14.7. The van der Waals surface area contributed by atoms with Gasteiger partial charge in [0, 0.05) is 23.7 Å². The molecule has 1 fully saturated rings. The second-order valence-corrected chi connectivity index (χ2v) is 6.57. The molecule has 1 heterocycles. The van der Waals surface area contributed by atoms with E-state index in [2.05, 4.69) is 20.5 Å². The fraction of sp³-hybridized carbons (Fsp3) is 0.400. The van der Waals surface area contributed by atoms with Crippen LogP contribution in [0.4, 0.5) is 11.4 Å². The molecule has 1 amide bonds. The SMILES string of the molecule is O=C(CSc1n[nH]c(C2CCCC2)n1)Nc1cccc([N+](=O)[O-])c1. The van der Waals surface area contributed by atoms with Crippen LogP contribution >= 0.6 is 11.8 Å². The van der Waals surface area contributed by atoms with E-state index in [0.29, 0.717) is 16.8 Å². The maximum absolute atomic E-state index is 12.0. The van der Waals surface area contributed by atoms with Crippen LogP contribution < -0.4 is 5.32 Å². The molecule has 2 N–H and O–H groups in total. The zero-order valence-corrected chi connectivity index (χ0v) is 13.7. The smallest absolute Gasteiger partial charge is 0.271 e. The molecule has 1 aliphatic carbocycles. The number of H-pyrrole nitrogens is 1. The fourth-order valence-corrected chi connectivity index (χ4v) is 3.33. The quantitative estimate of drug-likeness (QED) is 0.471. The molecule has 3 rings (SSSR count). The minimum atomic E-state index is -0.497. The van der Waals surface area contributed by atoms with Gasteiger partial charge in [-0.1, -0.05) is 30.7 Å².